The molecule has 1 aromatic rings. The summed E-state index contributed by atoms with van der Waals surface area (Å²) in [7, 11) is 0. The number of hydrogen-bond acceptors (Lipinski definition) is 3. The molecule has 0 aliphatic heterocycles. The minimum Gasteiger partial charge on any atom is -0.355 e. The monoisotopic (exact) mass is 241 g/mol. The second-order valence-electron chi connectivity index (χ2n) is 3.94. The molecule has 1 heterocycles. The molecule has 0 aliphatic rings. The quantitative estimate of drug-likeness (QED) is 0.717. The first kappa shape index (κ1) is 13.2. The molecule has 1 rings (SSSR count). The van der Waals surface area contributed by atoms with Crippen LogP contribution in [-0.4, -0.2) is 28.9 Å². The molecule has 0 unspecified atom stereocenters. The van der Waals surface area contributed by atoms with Crippen molar-refractivity contribution in [2.45, 2.75) is 33.6 Å². The van der Waals surface area contributed by atoms with Crippen LogP contribution >= 0.6 is 11.6 Å². The van der Waals surface area contributed by atoms with Crippen LogP contribution in [0.1, 0.15) is 31.3 Å². The van der Waals surface area contributed by atoms with E-state index in [0.717, 1.165) is 30.4 Å². The number of unbranched alkanes of at least 4 members (excludes halogenated alkanes) is 1. The lowest BCUT2D eigenvalue weighted by atomic mass is 10.3. The second-order valence-corrected chi connectivity index (χ2v) is 4.32. The number of rotatable bonds is 6. The Morgan fingerprint density at radius 1 is 1.25 bits per heavy atom. The van der Waals surface area contributed by atoms with Gasteiger partial charge < -0.3 is 4.90 Å². The highest BCUT2D eigenvalue weighted by Crippen LogP contribution is 2.13. The van der Waals surface area contributed by atoms with Gasteiger partial charge in [-0.15, -0.1) is 11.6 Å². The molecule has 16 heavy (non-hydrogen) atoms. The zero-order chi connectivity index (χ0) is 12.0. The second kappa shape index (κ2) is 6.69. The van der Waals surface area contributed by atoms with Gasteiger partial charge in [-0.05, 0) is 20.3 Å². The molecule has 0 saturated carbocycles. The predicted octanol–water partition coefficient (Wildman–Crippen LogP) is 2.94. The number of aryl methyl sites for hydroxylation is 2. The maximum Gasteiger partial charge on any atom is 0.132 e. The summed E-state index contributed by atoms with van der Waals surface area (Å²) in [5.74, 6) is 2.45. The van der Waals surface area contributed by atoms with E-state index in [9.17, 15) is 0 Å². The zero-order valence-electron chi connectivity index (χ0n) is 10.3. The van der Waals surface area contributed by atoms with E-state index in [-0.39, 0.29) is 0 Å². The summed E-state index contributed by atoms with van der Waals surface area (Å²) in [4.78, 5) is 11.0. The fourth-order valence-electron chi connectivity index (χ4n) is 1.65. The van der Waals surface area contributed by atoms with Crippen molar-refractivity contribution in [2.75, 3.05) is 23.9 Å². The van der Waals surface area contributed by atoms with Crippen LogP contribution in [0, 0.1) is 13.8 Å². The van der Waals surface area contributed by atoms with Gasteiger partial charge >= 0.3 is 0 Å². The van der Waals surface area contributed by atoms with Crippen LogP contribution in [-0.2, 0) is 0 Å². The summed E-state index contributed by atoms with van der Waals surface area (Å²) in [5, 5.41) is 0. The summed E-state index contributed by atoms with van der Waals surface area (Å²) in [6, 6.07) is 2.02. The van der Waals surface area contributed by atoms with Gasteiger partial charge in [-0.2, -0.15) is 0 Å². The third-order valence-electron chi connectivity index (χ3n) is 2.41. The normalized spacial score (nSPS) is 10.5. The van der Waals surface area contributed by atoms with Crippen LogP contribution in [0.5, 0.6) is 0 Å². The zero-order valence-corrected chi connectivity index (χ0v) is 11.1. The summed E-state index contributed by atoms with van der Waals surface area (Å²) in [6.07, 6.45) is 2.35. The maximum atomic E-state index is 5.82. The van der Waals surface area contributed by atoms with Gasteiger partial charge in [0, 0.05) is 30.7 Å². The van der Waals surface area contributed by atoms with Crippen LogP contribution in [0.15, 0.2) is 6.07 Å². The smallest absolute Gasteiger partial charge is 0.132 e. The Morgan fingerprint density at radius 2 is 2.00 bits per heavy atom. The molecule has 0 bridgehead atoms. The van der Waals surface area contributed by atoms with E-state index < -0.39 is 0 Å². The van der Waals surface area contributed by atoms with Gasteiger partial charge in [-0.25, -0.2) is 9.97 Å². The Hall–Kier alpha value is -0.830. The number of nitrogens with zero attached hydrogens (tertiary/aromatic N) is 3. The molecule has 0 radical (unpaired) electrons. The Balaban J connectivity index is 2.82. The highest BCUT2D eigenvalue weighted by molar-refractivity contribution is 6.18. The fraction of sp³-hybridized carbons (Fsp3) is 0.667. The van der Waals surface area contributed by atoms with Crippen molar-refractivity contribution in [3.05, 3.63) is 17.6 Å². The van der Waals surface area contributed by atoms with Crippen molar-refractivity contribution in [2.24, 2.45) is 0 Å². The lowest BCUT2D eigenvalue weighted by Gasteiger charge is -2.23. The highest BCUT2D eigenvalue weighted by Gasteiger charge is 2.08. The number of anilines is 1. The molecule has 0 aromatic carbocycles. The Morgan fingerprint density at radius 3 is 2.56 bits per heavy atom. The van der Waals surface area contributed by atoms with Crippen LogP contribution < -0.4 is 4.90 Å². The van der Waals surface area contributed by atoms with Gasteiger partial charge in [-0.3, -0.25) is 0 Å². The molecule has 0 fully saturated rings. The predicted molar refractivity (Wildman–Crippen MR) is 69.3 cm³/mol. The molecule has 1 aromatic heterocycles. The number of hydrogen-bond donors (Lipinski definition) is 0. The van der Waals surface area contributed by atoms with E-state index in [1.54, 1.807) is 0 Å². The van der Waals surface area contributed by atoms with Crippen molar-refractivity contribution in [1.29, 1.82) is 0 Å². The number of halogens is 1. The van der Waals surface area contributed by atoms with Gasteiger partial charge in [0.15, 0.2) is 0 Å². The van der Waals surface area contributed by atoms with Gasteiger partial charge in [-0.1, -0.05) is 13.3 Å². The summed E-state index contributed by atoms with van der Waals surface area (Å²) >= 11 is 5.82. The molecule has 0 atom stereocenters. The van der Waals surface area contributed by atoms with Crippen LogP contribution in [0.2, 0.25) is 0 Å². The van der Waals surface area contributed by atoms with Crippen LogP contribution in [0.3, 0.4) is 0 Å². The van der Waals surface area contributed by atoms with Crippen molar-refractivity contribution in [3.8, 4) is 0 Å². The molecule has 0 spiro atoms. The molecule has 0 aliphatic carbocycles. The van der Waals surface area contributed by atoms with Crippen molar-refractivity contribution in [1.82, 2.24) is 9.97 Å². The minimum absolute atomic E-state index is 0.631. The van der Waals surface area contributed by atoms with E-state index >= 15 is 0 Å². The van der Waals surface area contributed by atoms with Gasteiger partial charge in [0.1, 0.15) is 11.6 Å². The maximum absolute atomic E-state index is 5.82. The molecule has 0 amide bonds. The van der Waals surface area contributed by atoms with E-state index in [1.807, 2.05) is 19.9 Å². The standard InChI is InChI=1S/C12H20ClN3/c1-4-5-7-16(8-6-13)12-9-10(2)14-11(3)15-12/h9H,4-8H2,1-3H3. The number of alkyl halides is 1. The Labute approximate surface area is 103 Å². The molecule has 0 N–H and O–H groups in total. The molecule has 0 saturated heterocycles. The first-order valence-electron chi connectivity index (χ1n) is 5.80. The Kier molecular flexibility index (Phi) is 5.53. The van der Waals surface area contributed by atoms with Crippen molar-refractivity contribution < 1.29 is 0 Å². The first-order chi connectivity index (χ1) is 7.67. The molecule has 90 valence electrons. The molecule has 4 heteroatoms. The molecule has 3 nitrogen and oxygen atoms in total. The van der Waals surface area contributed by atoms with Gasteiger partial charge in [0.25, 0.3) is 0 Å². The van der Waals surface area contributed by atoms with Crippen LogP contribution in [0.25, 0.3) is 0 Å². The SMILES string of the molecule is CCCCN(CCCl)c1cc(C)nc(C)n1. The van der Waals surface area contributed by atoms with Crippen LogP contribution in [0.4, 0.5) is 5.82 Å². The largest absolute Gasteiger partial charge is 0.355 e. The van der Waals surface area contributed by atoms with Crippen molar-refractivity contribution >= 4 is 17.4 Å². The molecular formula is C12H20ClN3. The number of aromatic nitrogens is 2. The summed E-state index contributed by atoms with van der Waals surface area (Å²) in [5.41, 5.74) is 1.01. The minimum atomic E-state index is 0.631. The van der Waals surface area contributed by atoms with E-state index in [2.05, 4.69) is 21.8 Å². The highest BCUT2D eigenvalue weighted by atomic mass is 35.5. The van der Waals surface area contributed by atoms with Crippen molar-refractivity contribution in [3.63, 3.8) is 0 Å². The average Bonchev–Trinajstić information content (AvgIpc) is 2.22. The third kappa shape index (κ3) is 3.97. The average molecular weight is 242 g/mol. The summed E-state index contributed by atoms with van der Waals surface area (Å²) in [6.45, 7) is 7.97. The third-order valence-corrected chi connectivity index (χ3v) is 2.58. The first-order valence-corrected chi connectivity index (χ1v) is 6.34. The van der Waals surface area contributed by atoms with E-state index in [1.165, 1.54) is 12.8 Å². The lowest BCUT2D eigenvalue weighted by Crippen LogP contribution is -2.28. The lowest BCUT2D eigenvalue weighted by molar-refractivity contribution is 0.721. The fourth-order valence-corrected chi connectivity index (χ4v) is 1.86. The summed E-state index contributed by atoms with van der Waals surface area (Å²) < 4.78 is 0. The van der Waals surface area contributed by atoms with Gasteiger partial charge in [0.2, 0.25) is 0 Å². The van der Waals surface area contributed by atoms with E-state index in [0.29, 0.717) is 5.88 Å². The molecular weight excluding hydrogens is 222 g/mol. The Bertz CT molecular complexity index is 308. The topological polar surface area (TPSA) is 29.0 Å². The van der Waals surface area contributed by atoms with E-state index in [4.69, 9.17) is 11.6 Å². The van der Waals surface area contributed by atoms with Gasteiger partial charge in [0.05, 0.1) is 0 Å².